The number of pyridine rings is 1. The maximum atomic E-state index is 12.8. The van der Waals surface area contributed by atoms with Gasteiger partial charge in [-0.15, -0.1) is 0 Å². The van der Waals surface area contributed by atoms with E-state index in [1.807, 2.05) is 0 Å². The van der Waals surface area contributed by atoms with Crippen LogP contribution in [-0.2, 0) is 0 Å². The smallest absolute Gasteiger partial charge is 0.261 e. The zero-order chi connectivity index (χ0) is 18.1. The lowest BCUT2D eigenvalue weighted by Crippen LogP contribution is -2.19. The molecule has 25 heavy (non-hydrogen) atoms. The molecule has 3 rings (SSSR count). The van der Waals surface area contributed by atoms with E-state index in [1.54, 1.807) is 19.1 Å². The van der Waals surface area contributed by atoms with Gasteiger partial charge >= 0.3 is 0 Å². The van der Waals surface area contributed by atoms with E-state index in [0.29, 0.717) is 26.8 Å². The van der Waals surface area contributed by atoms with Crippen LogP contribution in [0.2, 0.25) is 0 Å². The molecule has 0 bridgehead atoms. The molecule has 1 aromatic carbocycles. The number of thiazole rings is 1. The topological polar surface area (TPSA) is 133 Å². The van der Waals surface area contributed by atoms with Crippen LogP contribution in [0, 0.1) is 6.92 Å². The molecular formula is C16H15N5O3S. The number of nitrogen functional groups attached to an aromatic ring is 1. The standard InChI is InChI=1S/C16H15N5O3S/c1-7-5-8(14(17)22)10(6-19-7)20-15(23)12-11(24-2)4-3-9-13(12)25-16(18)21-9/h3-6H,1-2H3,(H2,17,22)(H2,18,21)(H,20,23). The van der Waals surface area contributed by atoms with Gasteiger partial charge in [-0.1, -0.05) is 11.3 Å². The van der Waals surface area contributed by atoms with Crippen LogP contribution in [0.4, 0.5) is 10.8 Å². The van der Waals surface area contributed by atoms with Gasteiger partial charge in [-0.25, -0.2) is 4.98 Å². The summed E-state index contributed by atoms with van der Waals surface area (Å²) in [5.74, 6) is -0.762. The Balaban J connectivity index is 2.08. The number of ether oxygens (including phenoxy) is 1. The first kappa shape index (κ1) is 16.7. The van der Waals surface area contributed by atoms with E-state index < -0.39 is 11.8 Å². The molecule has 0 radical (unpaired) electrons. The second-order valence-corrected chi connectivity index (χ2v) is 6.26. The quantitative estimate of drug-likeness (QED) is 0.653. The Morgan fingerprint density at radius 2 is 2.08 bits per heavy atom. The van der Waals surface area contributed by atoms with Gasteiger partial charge in [0.2, 0.25) is 0 Å². The van der Waals surface area contributed by atoms with Crippen LogP contribution in [-0.4, -0.2) is 28.9 Å². The number of nitrogens with two attached hydrogens (primary N) is 2. The van der Waals surface area contributed by atoms with Crippen LogP contribution < -0.4 is 21.5 Å². The largest absolute Gasteiger partial charge is 0.496 e. The summed E-state index contributed by atoms with van der Waals surface area (Å²) in [4.78, 5) is 32.7. The van der Waals surface area contributed by atoms with Gasteiger partial charge in [-0.3, -0.25) is 14.6 Å². The van der Waals surface area contributed by atoms with Crippen LogP contribution >= 0.6 is 11.3 Å². The average Bonchev–Trinajstić information content (AvgIpc) is 2.95. The maximum Gasteiger partial charge on any atom is 0.261 e. The summed E-state index contributed by atoms with van der Waals surface area (Å²) in [6, 6.07) is 4.87. The molecule has 0 aliphatic carbocycles. The number of fused-ring (bicyclic) bond motifs is 1. The van der Waals surface area contributed by atoms with Crippen molar-refractivity contribution in [1.82, 2.24) is 9.97 Å². The van der Waals surface area contributed by atoms with Crippen LogP contribution in [0.5, 0.6) is 5.75 Å². The number of benzene rings is 1. The molecule has 8 nitrogen and oxygen atoms in total. The number of primary amides is 1. The van der Waals surface area contributed by atoms with Crippen molar-refractivity contribution in [3.63, 3.8) is 0 Å². The van der Waals surface area contributed by atoms with E-state index in [4.69, 9.17) is 16.2 Å². The molecule has 0 saturated carbocycles. The van der Waals surface area contributed by atoms with Crippen molar-refractivity contribution < 1.29 is 14.3 Å². The molecule has 0 aliphatic rings. The summed E-state index contributed by atoms with van der Waals surface area (Å²) in [5.41, 5.74) is 13.0. The fraction of sp³-hybridized carbons (Fsp3) is 0.125. The number of nitrogens with zero attached hydrogens (tertiary/aromatic N) is 2. The van der Waals surface area contributed by atoms with E-state index in [-0.39, 0.29) is 16.8 Å². The number of aromatic nitrogens is 2. The van der Waals surface area contributed by atoms with Gasteiger partial charge in [-0.05, 0) is 25.1 Å². The zero-order valence-electron chi connectivity index (χ0n) is 13.5. The SMILES string of the molecule is COc1ccc2nc(N)sc2c1C(=O)Nc1cnc(C)cc1C(N)=O. The molecule has 0 saturated heterocycles. The maximum absolute atomic E-state index is 12.8. The molecule has 128 valence electrons. The molecular weight excluding hydrogens is 342 g/mol. The van der Waals surface area contributed by atoms with Gasteiger partial charge in [0.25, 0.3) is 11.8 Å². The van der Waals surface area contributed by atoms with Gasteiger partial charge in [0, 0.05) is 5.69 Å². The molecule has 9 heteroatoms. The lowest BCUT2D eigenvalue weighted by atomic mass is 10.1. The van der Waals surface area contributed by atoms with Crippen LogP contribution in [0.25, 0.3) is 10.2 Å². The minimum atomic E-state index is -0.659. The van der Waals surface area contributed by atoms with Crippen molar-refractivity contribution >= 4 is 44.2 Å². The second kappa shape index (κ2) is 6.36. The Morgan fingerprint density at radius 3 is 2.76 bits per heavy atom. The summed E-state index contributed by atoms with van der Waals surface area (Å²) >= 11 is 1.18. The highest BCUT2D eigenvalue weighted by molar-refractivity contribution is 7.22. The molecule has 5 N–H and O–H groups in total. The van der Waals surface area contributed by atoms with Crippen molar-refractivity contribution in [3.05, 3.63) is 41.2 Å². The number of hydrogen-bond donors (Lipinski definition) is 3. The number of rotatable bonds is 4. The third-order valence-electron chi connectivity index (χ3n) is 3.54. The van der Waals surface area contributed by atoms with E-state index in [9.17, 15) is 9.59 Å². The molecule has 0 unspecified atom stereocenters. The van der Waals surface area contributed by atoms with Crippen molar-refractivity contribution in [2.45, 2.75) is 6.92 Å². The predicted molar refractivity (Wildman–Crippen MR) is 96.0 cm³/mol. The van der Waals surface area contributed by atoms with Gasteiger partial charge in [0.1, 0.15) is 11.3 Å². The fourth-order valence-corrected chi connectivity index (χ4v) is 3.29. The second-order valence-electron chi connectivity index (χ2n) is 5.23. The zero-order valence-corrected chi connectivity index (χ0v) is 14.3. The van der Waals surface area contributed by atoms with E-state index >= 15 is 0 Å². The molecule has 2 heterocycles. The van der Waals surface area contributed by atoms with Crippen LogP contribution in [0.15, 0.2) is 24.4 Å². The summed E-state index contributed by atoms with van der Waals surface area (Å²) in [7, 11) is 1.46. The number of anilines is 2. The van der Waals surface area contributed by atoms with E-state index in [2.05, 4.69) is 15.3 Å². The Hall–Kier alpha value is -3.20. The van der Waals surface area contributed by atoms with Crippen molar-refractivity contribution in [2.24, 2.45) is 5.73 Å². The van der Waals surface area contributed by atoms with Crippen LogP contribution in [0.3, 0.4) is 0 Å². The van der Waals surface area contributed by atoms with Gasteiger partial charge in [-0.2, -0.15) is 0 Å². The number of hydrogen-bond acceptors (Lipinski definition) is 7. The monoisotopic (exact) mass is 357 g/mol. The minimum Gasteiger partial charge on any atom is -0.496 e. The molecule has 2 amide bonds. The van der Waals surface area contributed by atoms with Crippen molar-refractivity contribution in [1.29, 1.82) is 0 Å². The first-order valence-electron chi connectivity index (χ1n) is 7.21. The highest BCUT2D eigenvalue weighted by Crippen LogP contribution is 2.34. The van der Waals surface area contributed by atoms with Gasteiger partial charge in [0.05, 0.1) is 34.8 Å². The van der Waals surface area contributed by atoms with Gasteiger partial charge in [0.15, 0.2) is 5.13 Å². The average molecular weight is 357 g/mol. The minimum absolute atomic E-state index is 0.177. The molecule has 0 aliphatic heterocycles. The van der Waals surface area contributed by atoms with Crippen molar-refractivity contribution in [2.75, 3.05) is 18.2 Å². The molecule has 2 aromatic heterocycles. The summed E-state index contributed by atoms with van der Waals surface area (Å²) in [6.07, 6.45) is 1.39. The number of methoxy groups -OCH3 is 1. The Bertz CT molecular complexity index is 999. The first-order valence-corrected chi connectivity index (χ1v) is 8.03. The molecule has 3 aromatic rings. The molecule has 0 fully saturated rings. The summed E-state index contributed by atoms with van der Waals surface area (Å²) in [5, 5.41) is 3.01. The number of nitrogens with one attached hydrogen (secondary N) is 1. The number of carbonyl (C=O) groups is 2. The van der Waals surface area contributed by atoms with Gasteiger partial charge < -0.3 is 21.5 Å². The highest BCUT2D eigenvalue weighted by Gasteiger charge is 2.21. The van der Waals surface area contributed by atoms with E-state index in [0.717, 1.165) is 0 Å². The third-order valence-corrected chi connectivity index (χ3v) is 4.46. The highest BCUT2D eigenvalue weighted by atomic mass is 32.1. The van der Waals surface area contributed by atoms with Crippen LogP contribution in [0.1, 0.15) is 26.4 Å². The summed E-state index contributed by atoms with van der Waals surface area (Å²) in [6.45, 7) is 1.72. The Morgan fingerprint density at radius 1 is 1.32 bits per heavy atom. The predicted octanol–water partition coefficient (Wildman–Crippen LogP) is 1.94. The number of carbonyl (C=O) groups excluding carboxylic acids is 2. The number of aryl methyl sites for hydroxylation is 1. The fourth-order valence-electron chi connectivity index (χ4n) is 2.42. The Labute approximate surface area is 146 Å². The first-order chi connectivity index (χ1) is 11.9. The lowest BCUT2D eigenvalue weighted by molar-refractivity contribution is 0.100. The Kier molecular flexibility index (Phi) is 4.24. The third kappa shape index (κ3) is 3.09. The molecule has 0 spiro atoms. The summed E-state index contributed by atoms with van der Waals surface area (Å²) < 4.78 is 5.88. The molecule has 0 atom stereocenters. The van der Waals surface area contributed by atoms with Crippen molar-refractivity contribution in [3.8, 4) is 5.75 Å². The number of amides is 2. The van der Waals surface area contributed by atoms with E-state index in [1.165, 1.54) is 30.7 Å². The normalized spacial score (nSPS) is 10.6. The lowest BCUT2D eigenvalue weighted by Gasteiger charge is -2.12.